The average molecular weight is 330 g/mol. The predicted molar refractivity (Wildman–Crippen MR) is 80.7 cm³/mol. The summed E-state index contributed by atoms with van der Waals surface area (Å²) in [6, 6.07) is 6.44. The van der Waals surface area contributed by atoms with Gasteiger partial charge < -0.3 is 4.74 Å². The number of thiazole rings is 1. The Morgan fingerprint density at radius 3 is 2.48 bits per heavy atom. The second-order valence-corrected chi connectivity index (χ2v) is 5.57. The van der Waals surface area contributed by atoms with Gasteiger partial charge in [0, 0.05) is 11.1 Å². The molecule has 1 aromatic heterocycles. The molecule has 116 valence electrons. The van der Waals surface area contributed by atoms with Crippen molar-refractivity contribution in [3.8, 4) is 0 Å². The summed E-state index contributed by atoms with van der Waals surface area (Å²) >= 11 is 0.853. The number of nitrogens with zero attached hydrogens (tertiary/aromatic N) is 1. The van der Waals surface area contributed by atoms with Crippen LogP contribution in [0.4, 0.5) is 5.13 Å². The van der Waals surface area contributed by atoms with Crippen LogP contribution in [-0.4, -0.2) is 35.0 Å². The maximum absolute atomic E-state index is 12.4. The van der Waals surface area contributed by atoms with Crippen LogP contribution in [0.15, 0.2) is 24.3 Å². The molecule has 1 N–H and O–H groups in total. The van der Waals surface area contributed by atoms with E-state index in [1.165, 1.54) is 0 Å². The van der Waals surface area contributed by atoms with Crippen molar-refractivity contribution in [2.75, 3.05) is 11.9 Å². The van der Waals surface area contributed by atoms with Crippen LogP contribution in [0.1, 0.15) is 38.2 Å². The lowest BCUT2D eigenvalue weighted by Crippen LogP contribution is -2.25. The highest BCUT2D eigenvalue weighted by Crippen LogP contribution is 2.32. The summed E-state index contributed by atoms with van der Waals surface area (Å²) in [6.07, 6.45) is 0. The average Bonchev–Trinajstić information content (AvgIpc) is 2.97. The van der Waals surface area contributed by atoms with E-state index in [0.717, 1.165) is 11.3 Å². The summed E-state index contributed by atoms with van der Waals surface area (Å²) in [4.78, 5) is 51.8. The molecule has 0 spiro atoms. The molecule has 7 nitrogen and oxygen atoms in total. The number of carbonyl (C=O) groups is 4. The Hall–Kier alpha value is -2.87. The summed E-state index contributed by atoms with van der Waals surface area (Å²) in [6.45, 7) is 1.63. The third-order valence-corrected chi connectivity index (χ3v) is 4.12. The molecular weight excluding hydrogens is 320 g/mol. The van der Waals surface area contributed by atoms with Crippen molar-refractivity contribution in [2.24, 2.45) is 0 Å². The number of ketones is 2. The Morgan fingerprint density at radius 1 is 1.17 bits per heavy atom. The zero-order chi connectivity index (χ0) is 16.6. The van der Waals surface area contributed by atoms with E-state index in [0.29, 0.717) is 5.56 Å². The largest absolute Gasteiger partial charge is 0.459 e. The molecule has 0 aliphatic heterocycles. The molecule has 3 rings (SSSR count). The van der Waals surface area contributed by atoms with Gasteiger partial charge >= 0.3 is 11.9 Å². The molecule has 0 saturated heterocycles. The lowest BCUT2D eigenvalue weighted by molar-refractivity contribution is -0.152. The van der Waals surface area contributed by atoms with Gasteiger partial charge in [0.15, 0.2) is 5.13 Å². The van der Waals surface area contributed by atoms with Gasteiger partial charge in [0.2, 0.25) is 11.6 Å². The summed E-state index contributed by atoms with van der Waals surface area (Å²) < 4.78 is 4.56. The van der Waals surface area contributed by atoms with Gasteiger partial charge in [0.05, 0.1) is 6.61 Å². The molecule has 0 radical (unpaired) electrons. The molecule has 0 fully saturated rings. The van der Waals surface area contributed by atoms with E-state index in [4.69, 9.17) is 0 Å². The maximum Gasteiger partial charge on any atom is 0.397 e. The van der Waals surface area contributed by atoms with Gasteiger partial charge in [-0.05, 0) is 6.92 Å². The van der Waals surface area contributed by atoms with Gasteiger partial charge in [-0.25, -0.2) is 9.78 Å². The van der Waals surface area contributed by atoms with Crippen LogP contribution in [0.3, 0.4) is 0 Å². The number of anilines is 1. The number of carbonyl (C=O) groups excluding carboxylic acids is 4. The van der Waals surface area contributed by atoms with Crippen molar-refractivity contribution in [1.82, 2.24) is 4.98 Å². The number of fused-ring (bicyclic) bond motifs is 2. The number of amides is 1. The Bertz CT molecular complexity index is 803. The van der Waals surface area contributed by atoms with E-state index < -0.39 is 11.9 Å². The van der Waals surface area contributed by atoms with Crippen molar-refractivity contribution in [1.29, 1.82) is 0 Å². The van der Waals surface area contributed by atoms with Crippen molar-refractivity contribution in [3.05, 3.63) is 46.0 Å². The zero-order valence-corrected chi connectivity index (χ0v) is 12.7. The van der Waals surface area contributed by atoms with Crippen molar-refractivity contribution < 1.29 is 23.9 Å². The van der Waals surface area contributed by atoms with Gasteiger partial charge in [-0.15, -0.1) is 0 Å². The highest BCUT2D eigenvalue weighted by Gasteiger charge is 2.33. The number of nitrogens with one attached hydrogen (secondary N) is 1. The van der Waals surface area contributed by atoms with E-state index in [-0.39, 0.29) is 39.4 Å². The Labute approximate surface area is 134 Å². The number of ether oxygens (including phenoxy) is 1. The maximum atomic E-state index is 12.4. The van der Waals surface area contributed by atoms with Crippen LogP contribution in [0, 0.1) is 0 Å². The number of hydrogen-bond acceptors (Lipinski definition) is 7. The van der Waals surface area contributed by atoms with Crippen LogP contribution in [0.5, 0.6) is 0 Å². The summed E-state index contributed by atoms with van der Waals surface area (Å²) in [5.74, 6) is -2.77. The number of hydrogen-bond donors (Lipinski definition) is 1. The molecule has 0 unspecified atom stereocenters. The van der Waals surface area contributed by atoms with E-state index in [1.807, 2.05) is 0 Å². The molecule has 1 aliphatic carbocycles. The van der Waals surface area contributed by atoms with Crippen LogP contribution in [0.2, 0.25) is 0 Å². The Balaban J connectivity index is 1.93. The number of esters is 1. The third-order valence-electron chi connectivity index (χ3n) is 3.15. The Kier molecular flexibility index (Phi) is 3.75. The quantitative estimate of drug-likeness (QED) is 0.563. The van der Waals surface area contributed by atoms with E-state index in [1.54, 1.807) is 31.2 Å². The minimum Gasteiger partial charge on any atom is -0.459 e. The van der Waals surface area contributed by atoms with Crippen molar-refractivity contribution >= 4 is 39.9 Å². The Morgan fingerprint density at radius 2 is 1.83 bits per heavy atom. The highest BCUT2D eigenvalue weighted by molar-refractivity contribution is 7.18. The fourth-order valence-corrected chi connectivity index (χ4v) is 3.07. The summed E-state index contributed by atoms with van der Waals surface area (Å²) in [5, 5.41) is 2.24. The van der Waals surface area contributed by atoms with E-state index >= 15 is 0 Å². The van der Waals surface area contributed by atoms with Crippen molar-refractivity contribution in [2.45, 2.75) is 6.92 Å². The first-order chi connectivity index (χ1) is 11.0. The van der Waals surface area contributed by atoms with Gasteiger partial charge in [0.1, 0.15) is 10.6 Å². The molecule has 0 saturated carbocycles. The number of benzene rings is 1. The topological polar surface area (TPSA) is 102 Å². The van der Waals surface area contributed by atoms with Gasteiger partial charge in [0.25, 0.3) is 0 Å². The smallest absolute Gasteiger partial charge is 0.397 e. The molecular formula is C15H10N2O5S. The first-order valence-corrected chi connectivity index (χ1v) is 7.52. The molecule has 0 atom stereocenters. The van der Waals surface area contributed by atoms with E-state index in [9.17, 15) is 19.2 Å². The standard InChI is InChI=1S/C15H10N2O5S/c1-2-22-14(21)13(20)17-15-16-9-10(18)7-5-3-4-6-8(7)11(19)12(9)23-15/h3-6H,2H2,1H3,(H,16,17,20). The molecule has 23 heavy (non-hydrogen) atoms. The highest BCUT2D eigenvalue weighted by atomic mass is 32.1. The van der Waals surface area contributed by atoms with Crippen molar-refractivity contribution in [3.63, 3.8) is 0 Å². The molecule has 2 aromatic rings. The first kappa shape index (κ1) is 15.0. The second-order valence-electron chi connectivity index (χ2n) is 4.58. The number of aromatic nitrogens is 1. The molecule has 1 aliphatic rings. The fraction of sp³-hybridized carbons (Fsp3) is 0.133. The molecule has 1 amide bonds. The van der Waals surface area contributed by atoms with Gasteiger partial charge in [-0.2, -0.15) is 0 Å². The van der Waals surface area contributed by atoms with Crippen LogP contribution >= 0.6 is 11.3 Å². The lowest BCUT2D eigenvalue weighted by Gasteiger charge is -2.11. The van der Waals surface area contributed by atoms with Crippen LogP contribution in [-0.2, 0) is 14.3 Å². The van der Waals surface area contributed by atoms with Gasteiger partial charge in [-0.3, -0.25) is 19.7 Å². The fourth-order valence-electron chi connectivity index (χ4n) is 2.16. The van der Waals surface area contributed by atoms with E-state index in [2.05, 4.69) is 15.0 Å². The summed E-state index contributed by atoms with van der Waals surface area (Å²) in [5.41, 5.74) is 0.563. The minimum atomic E-state index is -1.05. The SMILES string of the molecule is CCOC(=O)C(=O)Nc1nc2c(s1)C(=O)c1ccccc1C2=O. The zero-order valence-electron chi connectivity index (χ0n) is 11.9. The minimum absolute atomic E-state index is 0.00237. The monoisotopic (exact) mass is 330 g/mol. The molecule has 1 aromatic carbocycles. The van der Waals surface area contributed by atoms with Crippen LogP contribution < -0.4 is 5.32 Å². The first-order valence-electron chi connectivity index (χ1n) is 6.70. The number of rotatable bonds is 2. The predicted octanol–water partition coefficient (Wildman–Crippen LogP) is 1.42. The molecule has 8 heteroatoms. The normalized spacial score (nSPS) is 12.4. The third kappa shape index (κ3) is 2.53. The lowest BCUT2D eigenvalue weighted by atomic mass is 9.91. The second kappa shape index (κ2) is 5.73. The molecule has 1 heterocycles. The summed E-state index contributed by atoms with van der Waals surface area (Å²) in [7, 11) is 0. The van der Waals surface area contributed by atoms with Gasteiger partial charge in [-0.1, -0.05) is 35.6 Å². The molecule has 0 bridgehead atoms. The van der Waals surface area contributed by atoms with Crippen LogP contribution in [0.25, 0.3) is 0 Å².